The van der Waals surface area contributed by atoms with Crippen LogP contribution in [0, 0.1) is 5.82 Å². The molecule has 3 rings (SSSR count). The molecular formula is C15H15FN6OS2. The number of carbonyl (C=O) groups excluding carboxylic acids is 1. The number of benzene rings is 1. The maximum Gasteiger partial charge on any atom is 0.282 e. The molecule has 0 aliphatic heterocycles. The summed E-state index contributed by atoms with van der Waals surface area (Å²) >= 11 is 2.74. The van der Waals surface area contributed by atoms with E-state index in [4.69, 9.17) is 0 Å². The standard InChI is InChI=1S/C15H15FN6OS2/c1-2-22-9-18-21-15(22)24-8-12-19-20-14(25-12)13(23)17-7-10-3-5-11(16)6-4-10/h3-6,9H,2,7-8H2,1H3,(H,17,23). The molecule has 10 heteroatoms. The molecule has 3 aromatic rings. The smallest absolute Gasteiger partial charge is 0.282 e. The zero-order valence-electron chi connectivity index (χ0n) is 13.3. The maximum absolute atomic E-state index is 12.9. The second-order valence-corrected chi connectivity index (χ2v) is 7.00. The van der Waals surface area contributed by atoms with Gasteiger partial charge < -0.3 is 9.88 Å². The summed E-state index contributed by atoms with van der Waals surface area (Å²) in [5.74, 6) is -0.0308. The van der Waals surface area contributed by atoms with Gasteiger partial charge in [-0.15, -0.1) is 20.4 Å². The monoisotopic (exact) mass is 378 g/mol. The topological polar surface area (TPSA) is 85.6 Å². The van der Waals surface area contributed by atoms with Gasteiger partial charge in [-0.2, -0.15) is 0 Å². The molecule has 0 saturated carbocycles. The summed E-state index contributed by atoms with van der Waals surface area (Å²) in [7, 11) is 0. The number of nitrogens with one attached hydrogen (secondary N) is 1. The van der Waals surface area contributed by atoms with Gasteiger partial charge in [-0.3, -0.25) is 4.79 Å². The highest BCUT2D eigenvalue weighted by Gasteiger charge is 2.14. The van der Waals surface area contributed by atoms with Crippen LogP contribution in [0.25, 0.3) is 0 Å². The van der Waals surface area contributed by atoms with E-state index in [-0.39, 0.29) is 11.7 Å². The van der Waals surface area contributed by atoms with Crippen LogP contribution in [0.3, 0.4) is 0 Å². The number of aromatic nitrogens is 5. The van der Waals surface area contributed by atoms with Gasteiger partial charge in [0.25, 0.3) is 5.91 Å². The van der Waals surface area contributed by atoms with Crippen molar-refractivity contribution in [2.75, 3.05) is 0 Å². The van der Waals surface area contributed by atoms with E-state index in [1.54, 1.807) is 18.5 Å². The zero-order chi connectivity index (χ0) is 17.6. The first kappa shape index (κ1) is 17.5. The minimum atomic E-state index is -0.305. The molecule has 1 amide bonds. The van der Waals surface area contributed by atoms with Crippen LogP contribution in [0.1, 0.15) is 27.3 Å². The quantitative estimate of drug-likeness (QED) is 0.636. The first-order chi connectivity index (χ1) is 12.2. The molecular weight excluding hydrogens is 363 g/mol. The van der Waals surface area contributed by atoms with Gasteiger partial charge in [0.05, 0.1) is 5.75 Å². The fourth-order valence-electron chi connectivity index (χ4n) is 1.96. The number of aryl methyl sites for hydroxylation is 1. The van der Waals surface area contributed by atoms with Gasteiger partial charge in [-0.05, 0) is 24.6 Å². The SMILES string of the molecule is CCn1cnnc1SCc1nnc(C(=O)NCc2ccc(F)cc2)s1. The number of hydrogen-bond acceptors (Lipinski definition) is 7. The Bertz CT molecular complexity index is 848. The molecule has 0 spiro atoms. The van der Waals surface area contributed by atoms with Crippen molar-refractivity contribution in [1.29, 1.82) is 0 Å². The van der Waals surface area contributed by atoms with Crippen LogP contribution < -0.4 is 5.32 Å². The highest BCUT2D eigenvalue weighted by atomic mass is 32.2. The highest BCUT2D eigenvalue weighted by Crippen LogP contribution is 2.22. The van der Waals surface area contributed by atoms with E-state index in [0.717, 1.165) is 22.3 Å². The van der Waals surface area contributed by atoms with E-state index in [2.05, 4.69) is 25.7 Å². The molecule has 0 aliphatic rings. The molecule has 0 atom stereocenters. The Kier molecular flexibility index (Phi) is 5.71. The lowest BCUT2D eigenvalue weighted by Gasteiger charge is -2.02. The van der Waals surface area contributed by atoms with Gasteiger partial charge in [0.15, 0.2) is 5.16 Å². The van der Waals surface area contributed by atoms with E-state index in [0.29, 0.717) is 17.3 Å². The van der Waals surface area contributed by atoms with Crippen molar-refractivity contribution in [2.24, 2.45) is 0 Å². The molecule has 0 fully saturated rings. The number of amides is 1. The first-order valence-corrected chi connectivity index (χ1v) is 9.31. The van der Waals surface area contributed by atoms with Gasteiger partial charge >= 0.3 is 0 Å². The van der Waals surface area contributed by atoms with Gasteiger partial charge in [0, 0.05) is 13.1 Å². The summed E-state index contributed by atoms with van der Waals surface area (Å²) in [6.07, 6.45) is 1.68. The Morgan fingerprint density at radius 2 is 2.08 bits per heavy atom. The third-order valence-electron chi connectivity index (χ3n) is 3.27. The summed E-state index contributed by atoms with van der Waals surface area (Å²) in [5.41, 5.74) is 0.814. The summed E-state index contributed by atoms with van der Waals surface area (Å²) in [6, 6.07) is 5.97. The van der Waals surface area contributed by atoms with E-state index in [1.807, 2.05) is 11.5 Å². The van der Waals surface area contributed by atoms with E-state index in [9.17, 15) is 9.18 Å². The van der Waals surface area contributed by atoms with Crippen LogP contribution in [0.5, 0.6) is 0 Å². The molecule has 1 aromatic carbocycles. The lowest BCUT2D eigenvalue weighted by molar-refractivity contribution is 0.0950. The maximum atomic E-state index is 12.9. The van der Waals surface area contributed by atoms with Gasteiger partial charge in [-0.1, -0.05) is 35.2 Å². The fourth-order valence-corrected chi connectivity index (χ4v) is 3.68. The Morgan fingerprint density at radius 1 is 1.28 bits per heavy atom. The third-order valence-corrected chi connectivity index (χ3v) is 5.37. The fraction of sp³-hybridized carbons (Fsp3) is 0.267. The molecule has 130 valence electrons. The Labute approximate surface area is 151 Å². The summed E-state index contributed by atoms with van der Waals surface area (Å²) in [5, 5.41) is 20.5. The summed E-state index contributed by atoms with van der Waals surface area (Å²) in [6.45, 7) is 3.12. The highest BCUT2D eigenvalue weighted by molar-refractivity contribution is 7.98. The molecule has 0 saturated heterocycles. The average Bonchev–Trinajstić information content (AvgIpc) is 3.28. The number of hydrogen-bond donors (Lipinski definition) is 1. The number of nitrogens with zero attached hydrogens (tertiary/aromatic N) is 5. The molecule has 0 radical (unpaired) electrons. The number of carbonyl (C=O) groups is 1. The van der Waals surface area contributed by atoms with E-state index in [1.165, 1.54) is 35.2 Å². The Hall–Kier alpha value is -2.33. The van der Waals surface area contributed by atoms with Gasteiger partial charge in [-0.25, -0.2) is 4.39 Å². The predicted molar refractivity (Wildman–Crippen MR) is 92.7 cm³/mol. The molecule has 0 aliphatic carbocycles. The molecule has 1 N–H and O–H groups in total. The number of rotatable bonds is 7. The summed E-state index contributed by atoms with van der Waals surface area (Å²) in [4.78, 5) is 12.1. The number of halogens is 1. The zero-order valence-corrected chi connectivity index (χ0v) is 15.0. The van der Waals surface area contributed by atoms with Crippen molar-refractivity contribution >= 4 is 29.0 Å². The Balaban J connectivity index is 1.53. The summed E-state index contributed by atoms with van der Waals surface area (Å²) < 4.78 is 14.8. The minimum absolute atomic E-state index is 0.296. The Morgan fingerprint density at radius 3 is 2.84 bits per heavy atom. The van der Waals surface area contributed by atoms with Crippen LogP contribution in [0.2, 0.25) is 0 Å². The lowest BCUT2D eigenvalue weighted by Crippen LogP contribution is -2.22. The van der Waals surface area contributed by atoms with Gasteiger partial charge in [0.2, 0.25) is 5.01 Å². The van der Waals surface area contributed by atoms with Crippen LogP contribution >= 0.6 is 23.1 Å². The molecule has 7 nitrogen and oxygen atoms in total. The van der Waals surface area contributed by atoms with E-state index < -0.39 is 0 Å². The molecule has 0 unspecified atom stereocenters. The van der Waals surface area contributed by atoms with E-state index >= 15 is 0 Å². The molecule has 2 heterocycles. The van der Waals surface area contributed by atoms with Crippen molar-refractivity contribution in [1.82, 2.24) is 30.3 Å². The normalized spacial score (nSPS) is 10.8. The van der Waals surface area contributed by atoms with Crippen LogP contribution in [0.4, 0.5) is 4.39 Å². The molecule has 0 bridgehead atoms. The second-order valence-electron chi connectivity index (χ2n) is 5.00. The number of thioether (sulfide) groups is 1. The third kappa shape index (κ3) is 4.60. The van der Waals surface area contributed by atoms with Crippen molar-refractivity contribution in [3.63, 3.8) is 0 Å². The van der Waals surface area contributed by atoms with Crippen LogP contribution in [-0.4, -0.2) is 30.9 Å². The molecule has 2 aromatic heterocycles. The van der Waals surface area contributed by atoms with Crippen LogP contribution in [0.15, 0.2) is 35.7 Å². The second kappa shape index (κ2) is 8.17. The first-order valence-electron chi connectivity index (χ1n) is 7.51. The minimum Gasteiger partial charge on any atom is -0.346 e. The van der Waals surface area contributed by atoms with Crippen molar-refractivity contribution < 1.29 is 9.18 Å². The largest absolute Gasteiger partial charge is 0.346 e. The lowest BCUT2D eigenvalue weighted by atomic mass is 10.2. The van der Waals surface area contributed by atoms with Crippen molar-refractivity contribution in [3.05, 3.63) is 52.0 Å². The predicted octanol–water partition coefficient (Wildman–Crippen LogP) is 2.51. The van der Waals surface area contributed by atoms with Crippen molar-refractivity contribution in [2.45, 2.75) is 30.9 Å². The average molecular weight is 378 g/mol. The van der Waals surface area contributed by atoms with Gasteiger partial charge in [0.1, 0.15) is 17.2 Å². The molecule has 25 heavy (non-hydrogen) atoms. The van der Waals surface area contributed by atoms with Crippen LogP contribution in [-0.2, 0) is 18.8 Å². The van der Waals surface area contributed by atoms with Crippen molar-refractivity contribution in [3.8, 4) is 0 Å².